The van der Waals surface area contributed by atoms with E-state index in [4.69, 9.17) is 10.8 Å². The maximum absolute atomic E-state index is 12.8. The molecule has 1 heterocycles. The molecule has 8 heteroatoms. The van der Waals surface area contributed by atoms with Crippen LogP contribution in [-0.2, 0) is 6.18 Å². The number of carboxylic acid groups (broad SMARTS) is 1. The molecule has 0 aliphatic heterocycles. The van der Waals surface area contributed by atoms with Crippen molar-refractivity contribution in [1.29, 1.82) is 0 Å². The minimum atomic E-state index is -4.81. The van der Waals surface area contributed by atoms with E-state index in [9.17, 15) is 18.0 Å². The molecule has 0 radical (unpaired) electrons. The first kappa shape index (κ1) is 12.7. The minimum absolute atomic E-state index is 0.237. The molecule has 1 saturated carbocycles. The van der Waals surface area contributed by atoms with Crippen LogP contribution in [0.3, 0.4) is 0 Å². The van der Waals surface area contributed by atoms with Crippen LogP contribution in [0.25, 0.3) is 0 Å². The zero-order valence-electron chi connectivity index (χ0n) is 9.37. The number of carbonyl (C=O) groups is 1. The second-order valence-electron chi connectivity index (χ2n) is 4.29. The number of aromatic carboxylic acids is 1. The lowest BCUT2D eigenvalue weighted by molar-refractivity contribution is -0.137. The minimum Gasteiger partial charge on any atom is -0.476 e. The van der Waals surface area contributed by atoms with Gasteiger partial charge < -0.3 is 10.8 Å². The van der Waals surface area contributed by atoms with Crippen molar-refractivity contribution in [3.8, 4) is 0 Å². The molecule has 0 aromatic carbocycles. The normalized spacial score (nSPS) is 17.3. The molecule has 3 N–H and O–H groups in total. The summed E-state index contributed by atoms with van der Waals surface area (Å²) in [5.41, 5.74) is 3.06. The number of nitrogen functional groups attached to an aromatic ring is 1. The van der Waals surface area contributed by atoms with Gasteiger partial charge in [-0.05, 0) is 12.8 Å². The van der Waals surface area contributed by atoms with Gasteiger partial charge in [-0.15, -0.1) is 0 Å². The van der Waals surface area contributed by atoms with Crippen molar-refractivity contribution in [3.63, 3.8) is 0 Å². The molecule has 100 valence electrons. The molecule has 1 aliphatic rings. The van der Waals surface area contributed by atoms with Crippen LogP contribution in [0.4, 0.5) is 19.0 Å². The molecule has 0 atom stereocenters. The fourth-order valence-corrected chi connectivity index (χ4v) is 2.30. The largest absolute Gasteiger partial charge is 0.476 e. The summed E-state index contributed by atoms with van der Waals surface area (Å²) >= 11 is 0. The van der Waals surface area contributed by atoms with Gasteiger partial charge in [0.2, 0.25) is 0 Å². The molecule has 5 nitrogen and oxygen atoms in total. The van der Waals surface area contributed by atoms with Gasteiger partial charge in [-0.25, -0.2) is 9.48 Å². The van der Waals surface area contributed by atoms with E-state index in [1.54, 1.807) is 0 Å². The average Bonchev–Trinajstić information content (AvgIpc) is 2.81. The Hall–Kier alpha value is -1.73. The van der Waals surface area contributed by atoms with Crippen molar-refractivity contribution >= 4 is 11.8 Å². The molecule has 1 aromatic rings. The highest BCUT2D eigenvalue weighted by Crippen LogP contribution is 2.39. The number of nitrogens with zero attached hydrogens (tertiary/aromatic N) is 2. The zero-order chi connectivity index (χ0) is 13.5. The first-order valence-corrected chi connectivity index (χ1v) is 5.51. The maximum atomic E-state index is 12.8. The summed E-state index contributed by atoms with van der Waals surface area (Å²) in [6.45, 7) is 0. The Morgan fingerprint density at radius 1 is 1.39 bits per heavy atom. The topological polar surface area (TPSA) is 81.1 Å². The van der Waals surface area contributed by atoms with Crippen LogP contribution >= 0.6 is 0 Å². The highest BCUT2D eigenvalue weighted by molar-refractivity contribution is 5.89. The van der Waals surface area contributed by atoms with Crippen molar-refractivity contribution in [1.82, 2.24) is 9.78 Å². The van der Waals surface area contributed by atoms with Crippen molar-refractivity contribution in [2.45, 2.75) is 37.9 Å². The second-order valence-corrected chi connectivity index (χ2v) is 4.29. The number of rotatable bonds is 2. The molecule has 0 saturated heterocycles. The summed E-state index contributed by atoms with van der Waals surface area (Å²) in [6.07, 6.45) is -1.71. The third-order valence-electron chi connectivity index (χ3n) is 3.10. The van der Waals surface area contributed by atoms with E-state index in [0.29, 0.717) is 12.8 Å². The molecule has 0 amide bonds. The zero-order valence-corrected chi connectivity index (χ0v) is 9.37. The summed E-state index contributed by atoms with van der Waals surface area (Å²) < 4.78 is 39.3. The fourth-order valence-electron chi connectivity index (χ4n) is 2.30. The molecule has 18 heavy (non-hydrogen) atoms. The molecule has 1 fully saturated rings. The fraction of sp³-hybridized carbons (Fsp3) is 0.600. The SMILES string of the molecule is Nc1c(C(F)(F)F)c(C(=O)O)nn1C1CCCC1. The van der Waals surface area contributed by atoms with Gasteiger partial charge in [-0.2, -0.15) is 18.3 Å². The lowest BCUT2D eigenvalue weighted by atomic mass is 10.2. The number of hydrogen-bond donors (Lipinski definition) is 2. The van der Waals surface area contributed by atoms with E-state index in [0.717, 1.165) is 17.5 Å². The summed E-state index contributed by atoms with van der Waals surface area (Å²) in [4.78, 5) is 10.8. The standard InChI is InChI=1S/C10H12F3N3O2/c11-10(12,13)6-7(9(17)18)15-16(8(6)14)5-3-1-2-4-5/h5H,1-4,14H2,(H,17,18). The van der Waals surface area contributed by atoms with Gasteiger partial charge in [0.05, 0.1) is 6.04 Å². The van der Waals surface area contributed by atoms with Crippen LogP contribution < -0.4 is 5.73 Å². The molecule has 0 unspecified atom stereocenters. The smallest absolute Gasteiger partial charge is 0.422 e. The summed E-state index contributed by atoms with van der Waals surface area (Å²) in [7, 11) is 0. The van der Waals surface area contributed by atoms with Gasteiger partial charge in [0, 0.05) is 0 Å². The van der Waals surface area contributed by atoms with Crippen molar-refractivity contribution in [2.75, 3.05) is 5.73 Å². The van der Waals surface area contributed by atoms with Crippen molar-refractivity contribution < 1.29 is 23.1 Å². The Kier molecular flexibility index (Phi) is 2.95. The molecule has 0 spiro atoms. The number of aromatic nitrogens is 2. The number of halogens is 3. The van der Waals surface area contributed by atoms with Crippen molar-refractivity contribution in [3.05, 3.63) is 11.3 Å². The quantitative estimate of drug-likeness (QED) is 0.857. The van der Waals surface area contributed by atoms with Gasteiger partial charge >= 0.3 is 12.1 Å². The van der Waals surface area contributed by atoms with Crippen LogP contribution in [0.1, 0.15) is 47.8 Å². The third kappa shape index (κ3) is 2.02. The highest BCUT2D eigenvalue weighted by atomic mass is 19.4. The van der Waals surface area contributed by atoms with Gasteiger partial charge in [0.25, 0.3) is 0 Å². The summed E-state index contributed by atoms with van der Waals surface area (Å²) in [5.74, 6) is -2.32. The van der Waals surface area contributed by atoms with E-state index in [-0.39, 0.29) is 6.04 Å². The summed E-state index contributed by atoms with van der Waals surface area (Å²) in [6, 6.07) is -0.237. The van der Waals surface area contributed by atoms with E-state index in [1.807, 2.05) is 0 Å². The molecular formula is C10H12F3N3O2. The third-order valence-corrected chi connectivity index (χ3v) is 3.10. The average molecular weight is 263 g/mol. The number of hydrogen-bond acceptors (Lipinski definition) is 3. The van der Waals surface area contributed by atoms with Gasteiger partial charge in [0.1, 0.15) is 11.4 Å². The van der Waals surface area contributed by atoms with Crippen LogP contribution in [0.5, 0.6) is 0 Å². The molecule has 1 aromatic heterocycles. The lowest BCUT2D eigenvalue weighted by Gasteiger charge is -2.12. The summed E-state index contributed by atoms with van der Waals surface area (Å²) in [5, 5.41) is 12.3. The van der Waals surface area contributed by atoms with Gasteiger partial charge in [0.15, 0.2) is 5.69 Å². The molecule has 2 rings (SSSR count). The first-order chi connectivity index (χ1) is 8.32. The van der Waals surface area contributed by atoms with Gasteiger partial charge in [-0.3, -0.25) is 0 Å². The Morgan fingerprint density at radius 3 is 2.33 bits per heavy atom. The number of nitrogens with two attached hydrogens (primary N) is 1. The highest BCUT2D eigenvalue weighted by Gasteiger charge is 2.42. The van der Waals surface area contributed by atoms with Crippen molar-refractivity contribution in [2.24, 2.45) is 0 Å². The Balaban J connectivity index is 2.54. The number of alkyl halides is 3. The van der Waals surface area contributed by atoms with Gasteiger partial charge in [-0.1, -0.05) is 12.8 Å². The Labute approximate surface area is 100 Å². The van der Waals surface area contributed by atoms with E-state index < -0.39 is 29.2 Å². The molecular weight excluding hydrogens is 251 g/mol. The van der Waals surface area contributed by atoms with E-state index >= 15 is 0 Å². The molecule has 1 aliphatic carbocycles. The number of carboxylic acids is 1. The van der Waals surface area contributed by atoms with Crippen LogP contribution in [-0.4, -0.2) is 20.9 Å². The maximum Gasteiger partial charge on any atom is 0.422 e. The van der Waals surface area contributed by atoms with Crippen LogP contribution in [0, 0.1) is 0 Å². The Bertz CT molecular complexity index is 475. The first-order valence-electron chi connectivity index (χ1n) is 5.51. The predicted molar refractivity (Wildman–Crippen MR) is 56.1 cm³/mol. The van der Waals surface area contributed by atoms with Crippen LogP contribution in [0.15, 0.2) is 0 Å². The number of anilines is 1. The van der Waals surface area contributed by atoms with Crippen LogP contribution in [0.2, 0.25) is 0 Å². The predicted octanol–water partition coefficient (Wildman–Crippen LogP) is 2.30. The molecule has 0 bridgehead atoms. The van der Waals surface area contributed by atoms with E-state index in [1.165, 1.54) is 0 Å². The van der Waals surface area contributed by atoms with E-state index in [2.05, 4.69) is 5.10 Å². The Morgan fingerprint density at radius 2 is 1.94 bits per heavy atom. The monoisotopic (exact) mass is 263 g/mol. The lowest BCUT2D eigenvalue weighted by Crippen LogP contribution is -2.14. The second kappa shape index (κ2) is 4.18.